The molecule has 1 aliphatic heterocycles. The van der Waals surface area contributed by atoms with Crippen LogP contribution in [0.15, 0.2) is 18.2 Å². The summed E-state index contributed by atoms with van der Waals surface area (Å²) in [5.74, 6) is -1.48. The van der Waals surface area contributed by atoms with Gasteiger partial charge in [-0.25, -0.2) is 8.78 Å². The quantitative estimate of drug-likeness (QED) is 0.913. The number of benzene rings is 1. The molecule has 1 heterocycles. The van der Waals surface area contributed by atoms with Gasteiger partial charge in [0, 0.05) is 38.2 Å². The molecule has 3 nitrogen and oxygen atoms in total. The number of piperazine rings is 1. The first-order valence-electron chi connectivity index (χ1n) is 6.85. The Hall–Kier alpha value is -1.33. The van der Waals surface area contributed by atoms with E-state index in [0.29, 0.717) is 0 Å². The van der Waals surface area contributed by atoms with E-state index in [4.69, 9.17) is 0 Å². The molecular formula is C15H20F2N2O. The van der Waals surface area contributed by atoms with Crippen LogP contribution in [-0.4, -0.2) is 42.4 Å². The van der Waals surface area contributed by atoms with E-state index in [2.05, 4.69) is 10.2 Å². The molecule has 0 atom stereocenters. The van der Waals surface area contributed by atoms with Crippen molar-refractivity contribution in [3.63, 3.8) is 0 Å². The van der Waals surface area contributed by atoms with E-state index in [9.17, 15) is 13.6 Å². The Labute approximate surface area is 118 Å². The molecule has 1 aromatic carbocycles. The molecule has 0 bridgehead atoms. The number of hydrogen-bond acceptors (Lipinski definition) is 3. The molecule has 0 amide bonds. The SMILES string of the molecule is CC(C)(C(=O)Cc1c(F)cccc1F)N1CCNCC1. The first-order valence-corrected chi connectivity index (χ1v) is 6.85. The van der Waals surface area contributed by atoms with E-state index in [1.165, 1.54) is 18.2 Å². The summed E-state index contributed by atoms with van der Waals surface area (Å²) in [6.07, 6.45) is -0.213. The van der Waals surface area contributed by atoms with E-state index in [0.717, 1.165) is 26.2 Å². The summed E-state index contributed by atoms with van der Waals surface area (Å²) in [6.45, 7) is 6.81. The average molecular weight is 282 g/mol. The maximum absolute atomic E-state index is 13.6. The van der Waals surface area contributed by atoms with Crippen LogP contribution >= 0.6 is 0 Å². The molecule has 0 spiro atoms. The molecule has 2 rings (SSSR count). The molecule has 0 saturated carbocycles. The molecule has 110 valence electrons. The fraction of sp³-hybridized carbons (Fsp3) is 0.533. The van der Waals surface area contributed by atoms with Gasteiger partial charge in [0.05, 0.1) is 5.54 Å². The lowest BCUT2D eigenvalue weighted by molar-refractivity contribution is -0.129. The highest BCUT2D eigenvalue weighted by atomic mass is 19.1. The lowest BCUT2D eigenvalue weighted by atomic mass is 9.91. The molecule has 1 aromatic rings. The first-order chi connectivity index (χ1) is 9.43. The number of ketones is 1. The van der Waals surface area contributed by atoms with Crippen molar-refractivity contribution in [2.45, 2.75) is 25.8 Å². The Bertz CT molecular complexity index is 476. The van der Waals surface area contributed by atoms with Gasteiger partial charge >= 0.3 is 0 Å². The third-order valence-corrected chi connectivity index (χ3v) is 3.99. The topological polar surface area (TPSA) is 32.3 Å². The van der Waals surface area contributed by atoms with Crippen LogP contribution < -0.4 is 5.32 Å². The zero-order chi connectivity index (χ0) is 14.8. The predicted octanol–water partition coefficient (Wildman–Crippen LogP) is 1.76. The van der Waals surface area contributed by atoms with Gasteiger partial charge in [0.25, 0.3) is 0 Å². The number of carbonyl (C=O) groups is 1. The van der Waals surface area contributed by atoms with Crippen LogP contribution in [0.3, 0.4) is 0 Å². The normalized spacial score (nSPS) is 17.2. The van der Waals surface area contributed by atoms with Crippen LogP contribution in [0.4, 0.5) is 8.78 Å². The van der Waals surface area contributed by atoms with Gasteiger partial charge in [0.15, 0.2) is 5.78 Å². The van der Waals surface area contributed by atoms with Gasteiger partial charge in [-0.05, 0) is 26.0 Å². The highest BCUT2D eigenvalue weighted by Gasteiger charge is 2.35. The minimum Gasteiger partial charge on any atom is -0.314 e. The zero-order valence-corrected chi connectivity index (χ0v) is 11.9. The standard InChI is InChI=1S/C15H20F2N2O/c1-15(2,19-8-6-18-7-9-19)14(20)10-11-12(16)4-3-5-13(11)17/h3-5,18H,6-10H2,1-2H3. The van der Waals surface area contributed by atoms with Crippen LogP contribution in [0.2, 0.25) is 0 Å². The highest BCUT2D eigenvalue weighted by Crippen LogP contribution is 2.21. The molecule has 1 aliphatic rings. The maximum atomic E-state index is 13.6. The molecule has 0 aliphatic carbocycles. The minimum atomic E-state index is -0.711. The van der Waals surface area contributed by atoms with Crippen LogP contribution in [0.1, 0.15) is 19.4 Å². The average Bonchev–Trinajstić information content (AvgIpc) is 2.43. The number of halogens is 2. The third kappa shape index (κ3) is 3.04. The van der Waals surface area contributed by atoms with Gasteiger partial charge in [-0.2, -0.15) is 0 Å². The third-order valence-electron chi connectivity index (χ3n) is 3.99. The van der Waals surface area contributed by atoms with Gasteiger partial charge in [-0.3, -0.25) is 9.69 Å². The lowest BCUT2D eigenvalue weighted by Crippen LogP contribution is -2.57. The monoisotopic (exact) mass is 282 g/mol. The lowest BCUT2D eigenvalue weighted by Gasteiger charge is -2.40. The van der Waals surface area contributed by atoms with Crippen molar-refractivity contribution in [3.05, 3.63) is 35.4 Å². The van der Waals surface area contributed by atoms with Gasteiger partial charge < -0.3 is 5.32 Å². The molecule has 1 N–H and O–H groups in total. The maximum Gasteiger partial charge on any atom is 0.157 e. The molecule has 0 radical (unpaired) electrons. The predicted molar refractivity (Wildman–Crippen MR) is 73.6 cm³/mol. The number of hydrogen-bond donors (Lipinski definition) is 1. The van der Waals surface area contributed by atoms with Gasteiger partial charge in [0.1, 0.15) is 11.6 Å². The number of carbonyl (C=O) groups excluding carboxylic acids is 1. The van der Waals surface area contributed by atoms with Gasteiger partial charge in [-0.15, -0.1) is 0 Å². The molecule has 1 fully saturated rings. The van der Waals surface area contributed by atoms with Crippen LogP contribution in [0.5, 0.6) is 0 Å². The van der Waals surface area contributed by atoms with E-state index < -0.39 is 17.2 Å². The molecule has 1 saturated heterocycles. The number of nitrogens with zero attached hydrogens (tertiary/aromatic N) is 1. The Morgan fingerprint density at radius 3 is 2.35 bits per heavy atom. The summed E-state index contributed by atoms with van der Waals surface area (Å²) in [6, 6.07) is 3.67. The van der Waals surface area contributed by atoms with Crippen LogP contribution in [-0.2, 0) is 11.2 Å². The number of nitrogens with one attached hydrogen (secondary N) is 1. The Morgan fingerprint density at radius 1 is 1.25 bits per heavy atom. The molecule has 0 unspecified atom stereocenters. The minimum absolute atomic E-state index is 0.138. The summed E-state index contributed by atoms with van der Waals surface area (Å²) in [4.78, 5) is 14.5. The summed E-state index contributed by atoms with van der Waals surface area (Å²) in [5, 5.41) is 3.22. The Kier molecular flexibility index (Phi) is 4.50. The van der Waals surface area contributed by atoms with Crippen LogP contribution in [0.25, 0.3) is 0 Å². The Balaban J connectivity index is 2.14. The van der Waals surface area contributed by atoms with E-state index in [-0.39, 0.29) is 17.8 Å². The first kappa shape index (κ1) is 15.1. The van der Waals surface area contributed by atoms with Crippen molar-refractivity contribution in [2.24, 2.45) is 0 Å². The van der Waals surface area contributed by atoms with Gasteiger partial charge in [-0.1, -0.05) is 6.07 Å². The Morgan fingerprint density at radius 2 is 1.80 bits per heavy atom. The fourth-order valence-corrected chi connectivity index (χ4v) is 2.48. The van der Waals surface area contributed by atoms with E-state index in [1.54, 1.807) is 0 Å². The molecule has 20 heavy (non-hydrogen) atoms. The summed E-state index contributed by atoms with van der Waals surface area (Å²) < 4.78 is 27.3. The summed E-state index contributed by atoms with van der Waals surface area (Å²) >= 11 is 0. The van der Waals surface area contributed by atoms with Crippen molar-refractivity contribution < 1.29 is 13.6 Å². The second kappa shape index (κ2) is 5.97. The summed E-state index contributed by atoms with van der Waals surface area (Å²) in [7, 11) is 0. The second-order valence-electron chi connectivity index (χ2n) is 5.60. The van der Waals surface area contributed by atoms with E-state index >= 15 is 0 Å². The van der Waals surface area contributed by atoms with Crippen molar-refractivity contribution in [1.82, 2.24) is 10.2 Å². The van der Waals surface area contributed by atoms with Crippen molar-refractivity contribution >= 4 is 5.78 Å². The van der Waals surface area contributed by atoms with Gasteiger partial charge in [0.2, 0.25) is 0 Å². The number of Topliss-reactive ketones (excluding diaryl/α,β-unsaturated/α-hetero) is 1. The van der Waals surface area contributed by atoms with Crippen molar-refractivity contribution in [3.8, 4) is 0 Å². The van der Waals surface area contributed by atoms with E-state index in [1.807, 2.05) is 13.8 Å². The molecular weight excluding hydrogens is 262 g/mol. The van der Waals surface area contributed by atoms with Crippen molar-refractivity contribution in [2.75, 3.05) is 26.2 Å². The van der Waals surface area contributed by atoms with Crippen molar-refractivity contribution in [1.29, 1.82) is 0 Å². The van der Waals surface area contributed by atoms with Crippen LogP contribution in [0, 0.1) is 11.6 Å². The fourth-order valence-electron chi connectivity index (χ4n) is 2.48. The molecule has 5 heteroatoms. The smallest absolute Gasteiger partial charge is 0.157 e. The largest absolute Gasteiger partial charge is 0.314 e. The second-order valence-corrected chi connectivity index (χ2v) is 5.60. The molecule has 0 aromatic heterocycles. The zero-order valence-electron chi connectivity index (χ0n) is 11.9. The highest BCUT2D eigenvalue weighted by molar-refractivity contribution is 5.89. The number of rotatable bonds is 4. The summed E-state index contributed by atoms with van der Waals surface area (Å²) in [5.41, 5.74) is -0.850.